The Balaban J connectivity index is 1.08. The van der Waals surface area contributed by atoms with Crippen LogP contribution in [0.3, 0.4) is 0 Å². The first-order valence-corrected chi connectivity index (χ1v) is 19.1. The van der Waals surface area contributed by atoms with E-state index in [0.29, 0.717) is 41.7 Å². The van der Waals surface area contributed by atoms with Crippen LogP contribution >= 0.6 is 0 Å². The van der Waals surface area contributed by atoms with E-state index in [4.69, 9.17) is 23.7 Å². The smallest absolute Gasteiger partial charge is 0.338 e. The fourth-order valence-corrected chi connectivity index (χ4v) is 11.7. The van der Waals surface area contributed by atoms with Gasteiger partial charge in [-0.1, -0.05) is 68.8 Å². The molecule has 2 aliphatic heterocycles. The first-order chi connectivity index (χ1) is 24.4. The van der Waals surface area contributed by atoms with Gasteiger partial charge in [-0.2, -0.15) is 0 Å². The lowest BCUT2D eigenvalue weighted by Crippen LogP contribution is -2.58. The summed E-state index contributed by atoms with van der Waals surface area (Å²) < 4.78 is 32.2. The minimum Gasteiger partial charge on any atom is -0.463 e. The lowest BCUT2D eigenvalue weighted by molar-refractivity contribution is -0.255. The molecule has 3 saturated carbocycles. The third kappa shape index (κ3) is 5.67. The molecule has 0 amide bonds. The fourth-order valence-electron chi connectivity index (χ4n) is 11.7. The molecule has 12 atom stereocenters. The van der Waals surface area contributed by atoms with Crippen LogP contribution in [0.15, 0.2) is 72.3 Å². The summed E-state index contributed by atoms with van der Waals surface area (Å²) in [5.41, 5.74) is 1.41. The second-order valence-corrected chi connectivity index (χ2v) is 17.1. The van der Waals surface area contributed by atoms with Gasteiger partial charge in [0.2, 0.25) is 0 Å². The third-order valence-electron chi connectivity index (χ3n) is 14.3. The first-order valence-electron chi connectivity index (χ1n) is 19.1. The maximum atomic E-state index is 13.9. The van der Waals surface area contributed by atoms with Crippen molar-refractivity contribution in [2.75, 3.05) is 6.61 Å². The van der Waals surface area contributed by atoms with Gasteiger partial charge < -0.3 is 23.7 Å². The summed E-state index contributed by atoms with van der Waals surface area (Å²) in [5.74, 6) is -0.437. The highest BCUT2D eigenvalue weighted by Crippen LogP contribution is 2.70. The molecule has 51 heavy (non-hydrogen) atoms. The van der Waals surface area contributed by atoms with Crippen molar-refractivity contribution in [1.82, 2.24) is 0 Å². The van der Waals surface area contributed by atoms with E-state index < -0.39 is 16.8 Å². The van der Waals surface area contributed by atoms with Crippen LogP contribution in [0.2, 0.25) is 0 Å². The number of fused-ring (bicyclic) bond motifs is 7. The van der Waals surface area contributed by atoms with Crippen molar-refractivity contribution in [3.63, 3.8) is 0 Å². The van der Waals surface area contributed by atoms with Crippen molar-refractivity contribution in [3.8, 4) is 0 Å². The second kappa shape index (κ2) is 12.6. The van der Waals surface area contributed by atoms with E-state index in [1.807, 2.05) is 55.5 Å². The minimum absolute atomic E-state index is 0.00784. The quantitative estimate of drug-likeness (QED) is 0.170. The van der Waals surface area contributed by atoms with Gasteiger partial charge in [0.25, 0.3) is 0 Å². The summed E-state index contributed by atoms with van der Waals surface area (Å²) in [6.45, 7) is 10.7. The van der Waals surface area contributed by atoms with Crippen LogP contribution < -0.4 is 0 Å². The SMILES string of the molecule is CC(=O)OC1CC[C@@]2(C)C(CCC3C4=C[C@@H]5O[C@]6(CC[C@@](C)(COC(=O)c7ccccc7)O6)[C@@H](C)[C@@H]5[C@@]4(C)[C@H](OC(=O)c4ccccc4)CC32)C1. The van der Waals surface area contributed by atoms with Gasteiger partial charge in [-0.05, 0) is 99.3 Å². The van der Waals surface area contributed by atoms with Gasteiger partial charge in [-0.15, -0.1) is 0 Å². The van der Waals surface area contributed by atoms with Crippen LogP contribution in [0.1, 0.15) is 107 Å². The van der Waals surface area contributed by atoms with E-state index in [1.54, 1.807) is 12.1 Å². The predicted octanol–water partition coefficient (Wildman–Crippen LogP) is 8.10. The second-order valence-electron chi connectivity index (χ2n) is 17.1. The molecule has 8 nitrogen and oxygen atoms in total. The third-order valence-corrected chi connectivity index (χ3v) is 14.3. The first kappa shape index (κ1) is 34.6. The van der Waals surface area contributed by atoms with Crippen LogP contribution in [0.4, 0.5) is 0 Å². The summed E-state index contributed by atoms with van der Waals surface area (Å²) in [6.07, 6.45) is 8.97. The van der Waals surface area contributed by atoms with Crippen LogP contribution in [-0.2, 0) is 28.5 Å². The Kier molecular flexibility index (Phi) is 8.53. The molecule has 8 rings (SSSR count). The van der Waals surface area contributed by atoms with Gasteiger partial charge >= 0.3 is 17.9 Å². The standard InChI is InChI=1S/C43H52O8/c1-26-37-35(50-43(26)21-20-40(3,51-43)25-47-38(45)28-12-8-6-9-13-28)23-34-32-17-16-30-22-31(48-27(2)44)18-19-41(30,4)33(32)24-36(42(34,37)5)49-39(46)29-14-10-7-11-15-29/h6-15,23,26,30-33,35-37H,16-22,24-25H2,1-5H3/t26-,30?,31?,32?,33?,35-,36+,37-,40-,41-,42+,43-/m0/s1. The normalized spacial score (nSPS) is 42.2. The van der Waals surface area contributed by atoms with Crippen LogP contribution in [0.25, 0.3) is 0 Å². The zero-order valence-electron chi connectivity index (χ0n) is 30.6. The Morgan fingerprint density at radius 3 is 2.20 bits per heavy atom. The number of carbonyl (C=O) groups excluding carboxylic acids is 3. The van der Waals surface area contributed by atoms with Gasteiger partial charge in [-0.3, -0.25) is 4.79 Å². The Morgan fingerprint density at radius 1 is 0.824 bits per heavy atom. The van der Waals surface area contributed by atoms with E-state index in [2.05, 4.69) is 26.8 Å². The molecule has 2 aromatic rings. The van der Waals surface area contributed by atoms with Crippen LogP contribution in [-0.4, -0.2) is 54.2 Å². The molecule has 2 heterocycles. The van der Waals surface area contributed by atoms with E-state index in [0.717, 1.165) is 38.5 Å². The highest BCUT2D eigenvalue weighted by Gasteiger charge is 2.71. The van der Waals surface area contributed by atoms with Crippen LogP contribution in [0, 0.1) is 40.4 Å². The average Bonchev–Trinajstić information content (AvgIpc) is 3.72. The van der Waals surface area contributed by atoms with Crippen molar-refractivity contribution < 1.29 is 38.1 Å². The topological polar surface area (TPSA) is 97.4 Å². The van der Waals surface area contributed by atoms with Gasteiger partial charge in [0, 0.05) is 30.6 Å². The van der Waals surface area contributed by atoms with Crippen molar-refractivity contribution in [1.29, 1.82) is 0 Å². The van der Waals surface area contributed by atoms with Crippen molar-refractivity contribution >= 4 is 17.9 Å². The molecule has 4 unspecified atom stereocenters. The summed E-state index contributed by atoms with van der Waals surface area (Å²) >= 11 is 0. The lowest BCUT2D eigenvalue weighted by atomic mass is 9.45. The number of hydrogen-bond donors (Lipinski definition) is 0. The Bertz CT molecular complexity index is 1710. The molecular formula is C43H52O8. The molecule has 4 aliphatic carbocycles. The molecule has 2 aromatic carbocycles. The molecule has 0 N–H and O–H groups in total. The summed E-state index contributed by atoms with van der Waals surface area (Å²) in [4.78, 5) is 38.5. The number of carbonyl (C=O) groups is 3. The predicted molar refractivity (Wildman–Crippen MR) is 189 cm³/mol. The number of benzene rings is 2. The number of esters is 3. The number of hydrogen-bond acceptors (Lipinski definition) is 8. The Labute approximate surface area is 301 Å². The fraction of sp³-hybridized carbons (Fsp3) is 0.605. The lowest BCUT2D eigenvalue weighted by Gasteiger charge is -2.61. The van der Waals surface area contributed by atoms with Gasteiger partial charge in [0.15, 0.2) is 5.79 Å². The van der Waals surface area contributed by atoms with Gasteiger partial charge in [0.1, 0.15) is 24.4 Å². The van der Waals surface area contributed by atoms with Crippen molar-refractivity contribution in [2.24, 2.45) is 40.4 Å². The van der Waals surface area contributed by atoms with Crippen molar-refractivity contribution in [3.05, 3.63) is 83.4 Å². The minimum atomic E-state index is -0.822. The molecule has 0 aromatic heterocycles. The van der Waals surface area contributed by atoms with E-state index in [-0.39, 0.29) is 60.1 Å². The molecular weight excluding hydrogens is 644 g/mol. The highest BCUT2D eigenvalue weighted by molar-refractivity contribution is 5.90. The Morgan fingerprint density at radius 2 is 1.51 bits per heavy atom. The summed E-state index contributed by atoms with van der Waals surface area (Å²) in [5, 5.41) is 0. The monoisotopic (exact) mass is 696 g/mol. The highest BCUT2D eigenvalue weighted by atomic mass is 16.7. The molecule has 272 valence electrons. The largest absolute Gasteiger partial charge is 0.463 e. The molecule has 1 spiro atoms. The van der Waals surface area contributed by atoms with E-state index in [1.165, 1.54) is 12.5 Å². The molecule has 6 aliphatic rings. The average molecular weight is 697 g/mol. The molecule has 2 saturated heterocycles. The Hall–Kier alpha value is -3.49. The van der Waals surface area contributed by atoms with E-state index in [9.17, 15) is 14.4 Å². The molecule has 5 fully saturated rings. The molecule has 8 heteroatoms. The van der Waals surface area contributed by atoms with Gasteiger partial charge in [0.05, 0.1) is 17.2 Å². The number of rotatable bonds is 6. The van der Waals surface area contributed by atoms with Gasteiger partial charge in [-0.25, -0.2) is 9.59 Å². The van der Waals surface area contributed by atoms with Crippen molar-refractivity contribution in [2.45, 2.75) is 116 Å². The number of ether oxygens (including phenoxy) is 5. The zero-order chi connectivity index (χ0) is 35.8. The maximum absolute atomic E-state index is 13.9. The molecule has 0 radical (unpaired) electrons. The maximum Gasteiger partial charge on any atom is 0.338 e. The van der Waals surface area contributed by atoms with Crippen LogP contribution in [0.5, 0.6) is 0 Å². The summed E-state index contributed by atoms with van der Waals surface area (Å²) in [7, 11) is 0. The zero-order valence-corrected chi connectivity index (χ0v) is 30.6. The van der Waals surface area contributed by atoms with E-state index >= 15 is 0 Å². The summed E-state index contributed by atoms with van der Waals surface area (Å²) in [6, 6.07) is 18.4. The molecule has 0 bridgehead atoms.